The summed E-state index contributed by atoms with van der Waals surface area (Å²) in [5.41, 5.74) is 1.11. The minimum absolute atomic E-state index is 0.781. The van der Waals surface area contributed by atoms with Crippen LogP contribution in [0.2, 0.25) is 5.02 Å². The lowest BCUT2D eigenvalue weighted by Crippen LogP contribution is -1.82. The maximum atomic E-state index is 6.12. The topological polar surface area (TPSA) is 25.8 Å². The molecule has 2 nitrogen and oxygen atoms in total. The van der Waals surface area contributed by atoms with Crippen LogP contribution in [-0.2, 0) is 5.75 Å². The summed E-state index contributed by atoms with van der Waals surface area (Å²) in [6.45, 7) is 1.95. The van der Waals surface area contributed by atoms with Gasteiger partial charge in [0.2, 0.25) is 0 Å². The van der Waals surface area contributed by atoms with Crippen LogP contribution in [0.5, 0.6) is 0 Å². The first kappa shape index (κ1) is 12.4. The van der Waals surface area contributed by atoms with Crippen molar-refractivity contribution in [1.82, 2.24) is 10.2 Å². The molecule has 84 valence electrons. The van der Waals surface area contributed by atoms with Crippen LogP contribution in [0.1, 0.15) is 10.6 Å². The zero-order valence-corrected chi connectivity index (χ0v) is 12.4. The second kappa shape index (κ2) is 5.49. The fourth-order valence-electron chi connectivity index (χ4n) is 1.11. The number of rotatable bonds is 3. The molecule has 0 atom stereocenters. The van der Waals surface area contributed by atoms with Gasteiger partial charge >= 0.3 is 0 Å². The summed E-state index contributed by atoms with van der Waals surface area (Å²) in [5, 5.41) is 9.80. The fourth-order valence-corrected chi connectivity index (χ4v) is 3.75. The van der Waals surface area contributed by atoms with Gasteiger partial charge < -0.3 is 0 Å². The molecule has 0 aliphatic carbocycles. The quantitative estimate of drug-likeness (QED) is 0.769. The average molecular weight is 336 g/mol. The predicted octanol–water partition coefficient (Wildman–Crippen LogP) is 4.55. The van der Waals surface area contributed by atoms with E-state index in [2.05, 4.69) is 26.1 Å². The van der Waals surface area contributed by atoms with Crippen molar-refractivity contribution in [3.8, 4) is 0 Å². The van der Waals surface area contributed by atoms with Gasteiger partial charge in [0.1, 0.15) is 5.01 Å². The van der Waals surface area contributed by atoms with Crippen molar-refractivity contribution >= 4 is 50.6 Å². The Morgan fingerprint density at radius 3 is 2.88 bits per heavy atom. The van der Waals surface area contributed by atoms with Crippen molar-refractivity contribution in [3.63, 3.8) is 0 Å². The van der Waals surface area contributed by atoms with Crippen LogP contribution in [0, 0.1) is 6.92 Å². The SMILES string of the molecule is Cc1nnc(SCc2ccc(Br)cc2Cl)s1. The van der Waals surface area contributed by atoms with E-state index < -0.39 is 0 Å². The van der Waals surface area contributed by atoms with Crippen LogP contribution in [0.15, 0.2) is 27.0 Å². The number of benzene rings is 1. The van der Waals surface area contributed by atoms with Gasteiger partial charge in [-0.2, -0.15) is 0 Å². The van der Waals surface area contributed by atoms with Gasteiger partial charge in [0.05, 0.1) is 0 Å². The van der Waals surface area contributed by atoms with Gasteiger partial charge in [0.25, 0.3) is 0 Å². The molecule has 0 N–H and O–H groups in total. The molecule has 6 heteroatoms. The van der Waals surface area contributed by atoms with E-state index in [1.54, 1.807) is 23.1 Å². The Morgan fingerprint density at radius 2 is 2.25 bits per heavy atom. The van der Waals surface area contributed by atoms with Crippen LogP contribution in [0.4, 0.5) is 0 Å². The van der Waals surface area contributed by atoms with Gasteiger partial charge in [-0.1, -0.05) is 56.7 Å². The standard InChI is InChI=1S/C10H8BrClN2S2/c1-6-13-14-10(16-6)15-5-7-2-3-8(11)4-9(7)12/h2-4H,5H2,1H3. The molecule has 0 aliphatic heterocycles. The molecule has 1 aromatic carbocycles. The van der Waals surface area contributed by atoms with E-state index in [1.165, 1.54) is 0 Å². The lowest BCUT2D eigenvalue weighted by atomic mass is 10.2. The largest absolute Gasteiger partial charge is 0.174 e. The number of aryl methyl sites for hydroxylation is 1. The molecule has 0 bridgehead atoms. The third kappa shape index (κ3) is 3.20. The Hall–Kier alpha value is -0.100. The average Bonchev–Trinajstić information content (AvgIpc) is 2.63. The van der Waals surface area contributed by atoms with Gasteiger partial charge in [0, 0.05) is 15.2 Å². The normalized spacial score (nSPS) is 10.7. The van der Waals surface area contributed by atoms with E-state index in [9.17, 15) is 0 Å². The first-order valence-corrected chi connectivity index (χ1v) is 7.49. The smallest absolute Gasteiger partial charge is 0.143 e. The Bertz CT molecular complexity index is 501. The third-order valence-corrected chi connectivity index (χ3v) is 4.74. The molecule has 0 amide bonds. The summed E-state index contributed by atoms with van der Waals surface area (Å²) in [5.74, 6) is 0.820. The Kier molecular flexibility index (Phi) is 4.24. The second-order valence-corrected chi connectivity index (χ2v) is 6.84. The van der Waals surface area contributed by atoms with E-state index >= 15 is 0 Å². The molecular formula is C10H8BrClN2S2. The van der Waals surface area contributed by atoms with Crippen molar-refractivity contribution in [2.75, 3.05) is 0 Å². The number of hydrogen-bond donors (Lipinski definition) is 0. The van der Waals surface area contributed by atoms with Gasteiger partial charge in [-0.3, -0.25) is 0 Å². The van der Waals surface area contributed by atoms with E-state index in [0.717, 1.165) is 30.2 Å². The molecule has 0 saturated carbocycles. The highest BCUT2D eigenvalue weighted by Crippen LogP contribution is 2.29. The van der Waals surface area contributed by atoms with Crippen molar-refractivity contribution in [2.24, 2.45) is 0 Å². The number of aromatic nitrogens is 2. The minimum Gasteiger partial charge on any atom is -0.143 e. The molecule has 1 aromatic heterocycles. The highest BCUT2D eigenvalue weighted by atomic mass is 79.9. The predicted molar refractivity (Wildman–Crippen MR) is 73.4 cm³/mol. The molecule has 0 spiro atoms. The third-order valence-electron chi connectivity index (χ3n) is 1.87. The van der Waals surface area contributed by atoms with E-state index in [0.29, 0.717) is 0 Å². The zero-order valence-electron chi connectivity index (χ0n) is 8.41. The molecular weight excluding hydrogens is 328 g/mol. The van der Waals surface area contributed by atoms with E-state index in [1.807, 2.05) is 25.1 Å². The molecule has 0 saturated heterocycles. The maximum absolute atomic E-state index is 6.12. The molecule has 2 aromatic rings. The molecule has 2 rings (SSSR count). The summed E-state index contributed by atoms with van der Waals surface area (Å²) >= 11 is 12.8. The summed E-state index contributed by atoms with van der Waals surface area (Å²) in [6.07, 6.45) is 0. The molecule has 16 heavy (non-hydrogen) atoms. The summed E-state index contributed by atoms with van der Waals surface area (Å²) in [4.78, 5) is 0. The summed E-state index contributed by atoms with van der Waals surface area (Å²) < 4.78 is 1.98. The van der Waals surface area contributed by atoms with Crippen molar-refractivity contribution in [2.45, 2.75) is 17.0 Å². The Morgan fingerprint density at radius 1 is 1.44 bits per heavy atom. The van der Waals surface area contributed by atoms with Crippen LogP contribution >= 0.6 is 50.6 Å². The van der Waals surface area contributed by atoms with Gasteiger partial charge in [-0.15, -0.1) is 10.2 Å². The Labute approximate surface area is 116 Å². The Balaban J connectivity index is 2.04. The maximum Gasteiger partial charge on any atom is 0.174 e. The molecule has 0 radical (unpaired) electrons. The highest BCUT2D eigenvalue weighted by Gasteiger charge is 2.05. The van der Waals surface area contributed by atoms with Crippen LogP contribution in [0.25, 0.3) is 0 Å². The minimum atomic E-state index is 0.781. The van der Waals surface area contributed by atoms with E-state index in [4.69, 9.17) is 11.6 Å². The van der Waals surface area contributed by atoms with Crippen LogP contribution in [-0.4, -0.2) is 10.2 Å². The summed E-state index contributed by atoms with van der Waals surface area (Å²) in [6, 6.07) is 5.92. The first-order chi connectivity index (χ1) is 7.65. The number of nitrogens with zero attached hydrogens (tertiary/aromatic N) is 2. The van der Waals surface area contributed by atoms with E-state index in [-0.39, 0.29) is 0 Å². The fraction of sp³-hybridized carbons (Fsp3) is 0.200. The summed E-state index contributed by atoms with van der Waals surface area (Å²) in [7, 11) is 0. The molecule has 0 aliphatic rings. The number of hydrogen-bond acceptors (Lipinski definition) is 4. The lowest BCUT2D eigenvalue weighted by Gasteiger charge is -2.02. The van der Waals surface area contributed by atoms with Gasteiger partial charge in [-0.25, -0.2) is 0 Å². The van der Waals surface area contributed by atoms with Gasteiger partial charge in [0.15, 0.2) is 4.34 Å². The van der Waals surface area contributed by atoms with Gasteiger partial charge in [-0.05, 0) is 24.6 Å². The van der Waals surface area contributed by atoms with Crippen LogP contribution < -0.4 is 0 Å². The number of halogens is 2. The van der Waals surface area contributed by atoms with Crippen molar-refractivity contribution < 1.29 is 0 Å². The first-order valence-electron chi connectivity index (χ1n) is 4.52. The highest BCUT2D eigenvalue weighted by molar-refractivity contribution is 9.10. The van der Waals surface area contributed by atoms with Crippen molar-refractivity contribution in [1.29, 1.82) is 0 Å². The molecule has 1 heterocycles. The molecule has 0 fully saturated rings. The number of thioether (sulfide) groups is 1. The second-order valence-electron chi connectivity index (χ2n) is 3.11. The lowest BCUT2D eigenvalue weighted by molar-refractivity contribution is 0.983. The monoisotopic (exact) mass is 334 g/mol. The zero-order chi connectivity index (χ0) is 11.5. The van der Waals surface area contributed by atoms with Crippen molar-refractivity contribution in [3.05, 3.63) is 38.3 Å². The van der Waals surface area contributed by atoms with Crippen LogP contribution in [0.3, 0.4) is 0 Å². The molecule has 0 unspecified atom stereocenters.